The number of halogens is 1. The van der Waals surface area contributed by atoms with Crippen LogP contribution in [0.4, 0.5) is 0 Å². The van der Waals surface area contributed by atoms with E-state index in [1.54, 1.807) is 7.11 Å². The molecule has 0 N–H and O–H groups in total. The maximum atomic E-state index is 5.40. The highest BCUT2D eigenvalue weighted by Gasteiger charge is 2.10. The second-order valence-electron chi connectivity index (χ2n) is 4.33. The van der Waals surface area contributed by atoms with Crippen molar-refractivity contribution in [2.45, 2.75) is 0 Å². The third-order valence-corrected chi connectivity index (χ3v) is 3.54. The number of aromatic nitrogens is 2. The van der Waals surface area contributed by atoms with Gasteiger partial charge in [0.2, 0.25) is 0 Å². The molecular formula is C16H13BrN2O. The number of nitrogens with zero attached hydrogens (tertiary/aromatic N) is 2. The molecule has 0 bridgehead atoms. The second kappa shape index (κ2) is 5.51. The first-order chi connectivity index (χ1) is 9.78. The Hall–Kier alpha value is -2.07. The summed E-state index contributed by atoms with van der Waals surface area (Å²) >= 11 is 3.48. The first-order valence-corrected chi connectivity index (χ1v) is 7.02. The fraction of sp³-hybridized carbons (Fsp3) is 0.0625. The maximum absolute atomic E-state index is 5.40. The molecule has 0 unspecified atom stereocenters. The van der Waals surface area contributed by atoms with Crippen molar-refractivity contribution in [3.05, 3.63) is 65.3 Å². The summed E-state index contributed by atoms with van der Waals surface area (Å²) in [5.74, 6) is 0.812. The van der Waals surface area contributed by atoms with Crippen molar-refractivity contribution in [2.75, 3.05) is 7.11 Å². The van der Waals surface area contributed by atoms with Crippen LogP contribution >= 0.6 is 15.9 Å². The Morgan fingerprint density at radius 3 is 2.60 bits per heavy atom. The van der Waals surface area contributed by atoms with Crippen LogP contribution in [0.3, 0.4) is 0 Å². The van der Waals surface area contributed by atoms with Gasteiger partial charge in [0.25, 0.3) is 0 Å². The molecule has 0 radical (unpaired) electrons. The van der Waals surface area contributed by atoms with Gasteiger partial charge in [-0.3, -0.25) is 0 Å². The van der Waals surface area contributed by atoms with Crippen LogP contribution in [0.5, 0.6) is 5.75 Å². The summed E-state index contributed by atoms with van der Waals surface area (Å²) in [7, 11) is 1.67. The molecule has 0 aliphatic heterocycles. The van der Waals surface area contributed by atoms with Crippen LogP contribution in [0.1, 0.15) is 0 Å². The Balaban J connectivity index is 2.04. The predicted octanol–water partition coefficient (Wildman–Crippen LogP) is 4.31. The Bertz CT molecular complexity index is 722. The molecule has 4 heteroatoms. The number of rotatable bonds is 3. The molecular weight excluding hydrogens is 316 g/mol. The van der Waals surface area contributed by atoms with Gasteiger partial charge >= 0.3 is 0 Å². The third-order valence-electron chi connectivity index (χ3n) is 3.05. The van der Waals surface area contributed by atoms with E-state index in [4.69, 9.17) is 4.74 Å². The van der Waals surface area contributed by atoms with Crippen LogP contribution in [0.15, 0.2) is 65.3 Å². The summed E-state index contributed by atoms with van der Waals surface area (Å²) in [5, 5.41) is 4.62. The Morgan fingerprint density at radius 2 is 1.85 bits per heavy atom. The van der Waals surface area contributed by atoms with Gasteiger partial charge < -0.3 is 4.74 Å². The lowest BCUT2D eigenvalue weighted by Crippen LogP contribution is -1.95. The molecule has 0 saturated heterocycles. The first-order valence-electron chi connectivity index (χ1n) is 6.23. The zero-order chi connectivity index (χ0) is 13.9. The zero-order valence-corrected chi connectivity index (χ0v) is 12.5. The number of ether oxygens (including phenoxy) is 1. The van der Waals surface area contributed by atoms with Crippen LogP contribution in [0.2, 0.25) is 0 Å². The number of para-hydroxylation sites is 1. The molecule has 0 atom stereocenters. The van der Waals surface area contributed by atoms with Crippen molar-refractivity contribution in [3.63, 3.8) is 0 Å². The summed E-state index contributed by atoms with van der Waals surface area (Å²) in [6.07, 6.45) is 1.95. The highest BCUT2D eigenvalue weighted by atomic mass is 79.9. The SMILES string of the molecule is COc1ccc(Br)cc1-c1ccn(-c2ccccc2)n1. The van der Waals surface area contributed by atoms with Gasteiger partial charge in [0.1, 0.15) is 5.75 Å². The highest BCUT2D eigenvalue weighted by molar-refractivity contribution is 9.10. The van der Waals surface area contributed by atoms with Crippen molar-refractivity contribution in [2.24, 2.45) is 0 Å². The van der Waals surface area contributed by atoms with Gasteiger partial charge in [-0.1, -0.05) is 34.1 Å². The van der Waals surface area contributed by atoms with E-state index >= 15 is 0 Å². The van der Waals surface area contributed by atoms with Gasteiger partial charge in [-0.05, 0) is 36.4 Å². The van der Waals surface area contributed by atoms with Gasteiger partial charge in [0, 0.05) is 16.2 Å². The van der Waals surface area contributed by atoms with E-state index in [-0.39, 0.29) is 0 Å². The molecule has 2 aromatic carbocycles. The topological polar surface area (TPSA) is 27.1 Å². The lowest BCUT2D eigenvalue weighted by atomic mass is 10.1. The number of methoxy groups -OCH3 is 1. The minimum absolute atomic E-state index is 0.812. The highest BCUT2D eigenvalue weighted by Crippen LogP contribution is 2.31. The minimum atomic E-state index is 0.812. The summed E-state index contributed by atoms with van der Waals surface area (Å²) in [5.41, 5.74) is 2.89. The van der Waals surface area contributed by atoms with E-state index in [9.17, 15) is 0 Å². The Morgan fingerprint density at radius 1 is 1.05 bits per heavy atom. The average Bonchev–Trinajstić information content (AvgIpc) is 2.98. The van der Waals surface area contributed by atoms with Crippen LogP contribution < -0.4 is 4.74 Å². The largest absolute Gasteiger partial charge is 0.496 e. The molecule has 0 aliphatic carbocycles. The quantitative estimate of drug-likeness (QED) is 0.716. The lowest BCUT2D eigenvalue weighted by molar-refractivity contribution is 0.416. The van der Waals surface area contributed by atoms with Crippen molar-refractivity contribution in [3.8, 4) is 22.7 Å². The number of hydrogen-bond donors (Lipinski definition) is 0. The van der Waals surface area contributed by atoms with Crippen molar-refractivity contribution in [1.29, 1.82) is 0 Å². The molecule has 20 heavy (non-hydrogen) atoms. The molecule has 3 nitrogen and oxygen atoms in total. The normalized spacial score (nSPS) is 10.5. The molecule has 0 aliphatic rings. The summed E-state index contributed by atoms with van der Waals surface area (Å²) in [6, 6.07) is 17.9. The van der Waals surface area contributed by atoms with Crippen molar-refractivity contribution in [1.82, 2.24) is 9.78 Å². The van der Waals surface area contributed by atoms with Crippen LogP contribution in [0, 0.1) is 0 Å². The van der Waals surface area contributed by atoms with Crippen LogP contribution in [-0.2, 0) is 0 Å². The monoisotopic (exact) mass is 328 g/mol. The second-order valence-corrected chi connectivity index (χ2v) is 5.24. The number of hydrogen-bond acceptors (Lipinski definition) is 2. The lowest BCUT2D eigenvalue weighted by Gasteiger charge is -2.06. The first kappa shape index (κ1) is 12.9. The molecule has 1 heterocycles. The van der Waals surface area contributed by atoms with Crippen LogP contribution in [-0.4, -0.2) is 16.9 Å². The van der Waals surface area contributed by atoms with Gasteiger partial charge in [0.05, 0.1) is 18.5 Å². The Kier molecular flexibility index (Phi) is 3.56. The zero-order valence-electron chi connectivity index (χ0n) is 11.0. The smallest absolute Gasteiger partial charge is 0.128 e. The molecule has 0 amide bonds. The predicted molar refractivity (Wildman–Crippen MR) is 83.3 cm³/mol. The van der Waals surface area contributed by atoms with Gasteiger partial charge in [0.15, 0.2) is 0 Å². The fourth-order valence-corrected chi connectivity index (χ4v) is 2.43. The summed E-state index contributed by atoms with van der Waals surface area (Å²) < 4.78 is 8.26. The average molecular weight is 329 g/mol. The molecule has 3 aromatic rings. The molecule has 1 aromatic heterocycles. The van der Waals surface area contributed by atoms with E-state index < -0.39 is 0 Å². The molecule has 3 rings (SSSR count). The van der Waals surface area contributed by atoms with E-state index in [2.05, 4.69) is 21.0 Å². The third kappa shape index (κ3) is 2.47. The standard InChI is InChI=1S/C16H13BrN2O/c1-20-16-8-7-12(17)11-14(16)15-9-10-19(18-15)13-5-3-2-4-6-13/h2-11H,1H3. The summed E-state index contributed by atoms with van der Waals surface area (Å²) in [6.45, 7) is 0. The molecule has 0 spiro atoms. The van der Waals surface area contributed by atoms with Crippen molar-refractivity contribution >= 4 is 15.9 Å². The van der Waals surface area contributed by atoms with Gasteiger partial charge in [-0.2, -0.15) is 5.10 Å². The molecule has 0 saturated carbocycles. The fourth-order valence-electron chi connectivity index (χ4n) is 2.07. The molecule has 100 valence electrons. The van der Waals surface area contributed by atoms with E-state index in [0.29, 0.717) is 0 Å². The Labute approximate surface area is 125 Å². The van der Waals surface area contributed by atoms with Crippen molar-refractivity contribution < 1.29 is 4.74 Å². The van der Waals surface area contributed by atoms with Gasteiger partial charge in [-0.25, -0.2) is 4.68 Å². The minimum Gasteiger partial charge on any atom is -0.496 e. The van der Waals surface area contributed by atoms with E-state index in [1.807, 2.05) is 65.5 Å². The van der Waals surface area contributed by atoms with E-state index in [0.717, 1.165) is 27.2 Å². The maximum Gasteiger partial charge on any atom is 0.128 e. The van der Waals surface area contributed by atoms with Crippen LogP contribution in [0.25, 0.3) is 16.9 Å². The van der Waals surface area contributed by atoms with E-state index in [1.165, 1.54) is 0 Å². The number of benzene rings is 2. The summed E-state index contributed by atoms with van der Waals surface area (Å²) in [4.78, 5) is 0. The van der Waals surface area contributed by atoms with Gasteiger partial charge in [-0.15, -0.1) is 0 Å². The molecule has 0 fully saturated rings.